The molecule has 1 aromatic heterocycles. The number of ether oxygens (including phenoxy) is 1. The zero-order valence-corrected chi connectivity index (χ0v) is 16.7. The molecule has 1 aliphatic rings. The Morgan fingerprint density at radius 1 is 1.31 bits per heavy atom. The van der Waals surface area contributed by atoms with Crippen LogP contribution in [0.5, 0.6) is 0 Å². The number of hydrogen-bond donors (Lipinski definition) is 0. The first-order chi connectivity index (χ1) is 12.2. The minimum atomic E-state index is -0.467. The van der Waals surface area contributed by atoms with Gasteiger partial charge in [-0.3, -0.25) is 9.47 Å². The highest BCUT2D eigenvalue weighted by atomic mass is 32.1. The monoisotopic (exact) mass is 377 g/mol. The number of nitrogens with zero attached hydrogens (tertiary/aromatic N) is 3. The first-order valence-electron chi connectivity index (χ1n) is 9.01. The number of carbonyl (C=O) groups is 1. The van der Waals surface area contributed by atoms with Crippen LogP contribution in [0.3, 0.4) is 0 Å². The molecule has 0 saturated carbocycles. The third-order valence-electron chi connectivity index (χ3n) is 4.70. The summed E-state index contributed by atoms with van der Waals surface area (Å²) >= 11 is 5.37. The third kappa shape index (κ3) is 4.27. The molecule has 26 heavy (non-hydrogen) atoms. The second kappa shape index (κ2) is 7.40. The molecule has 0 unspecified atom stereocenters. The molecule has 0 spiro atoms. The number of likely N-dealkylation sites (tertiary alicyclic amines) is 1. The van der Waals surface area contributed by atoms with Gasteiger partial charge in [-0.1, -0.05) is 12.1 Å². The van der Waals surface area contributed by atoms with Crippen LogP contribution in [-0.2, 0) is 11.4 Å². The van der Waals surface area contributed by atoms with Gasteiger partial charge in [-0.05, 0) is 58.0 Å². The number of piperidine rings is 1. The molecule has 2 aromatic rings. The normalized spacial score (nSPS) is 16.8. The fourth-order valence-electron chi connectivity index (χ4n) is 3.28. The number of oxazole rings is 1. The maximum Gasteiger partial charge on any atom is 0.410 e. The lowest BCUT2D eigenvalue weighted by Gasteiger charge is -2.37. The molecule has 142 valence electrons. The average molecular weight is 378 g/mol. The topological polar surface area (TPSA) is 50.9 Å². The van der Waals surface area contributed by atoms with Gasteiger partial charge in [0.05, 0.1) is 12.2 Å². The standard InChI is InChI=1S/C19H27N3O3S/c1-19(2,3)25-17(23)20(4)14-9-11-21(12-10-14)13-22-15-7-5-6-8-16(15)24-18(22)26/h5-8,14H,9-13H2,1-4H3. The Morgan fingerprint density at radius 2 is 1.96 bits per heavy atom. The van der Waals surface area contributed by atoms with Gasteiger partial charge in [0.1, 0.15) is 5.60 Å². The lowest BCUT2D eigenvalue weighted by atomic mass is 10.0. The first kappa shape index (κ1) is 18.9. The van der Waals surface area contributed by atoms with E-state index in [0.29, 0.717) is 11.5 Å². The summed E-state index contributed by atoms with van der Waals surface area (Å²) in [5, 5.41) is 0. The molecular formula is C19H27N3O3S. The van der Waals surface area contributed by atoms with E-state index in [9.17, 15) is 4.79 Å². The molecule has 1 aromatic carbocycles. The molecule has 7 heteroatoms. The van der Waals surface area contributed by atoms with Crippen LogP contribution in [0.1, 0.15) is 33.6 Å². The number of rotatable bonds is 3. The van der Waals surface area contributed by atoms with Crippen LogP contribution in [0, 0.1) is 4.84 Å². The maximum atomic E-state index is 12.2. The Balaban J connectivity index is 1.59. The molecule has 0 atom stereocenters. The van der Waals surface area contributed by atoms with E-state index in [1.54, 1.807) is 4.90 Å². The van der Waals surface area contributed by atoms with E-state index in [1.807, 2.05) is 56.7 Å². The summed E-state index contributed by atoms with van der Waals surface area (Å²) in [4.78, 5) is 16.8. The summed E-state index contributed by atoms with van der Waals surface area (Å²) in [6.07, 6.45) is 1.58. The fourth-order valence-corrected chi connectivity index (χ4v) is 3.52. The van der Waals surface area contributed by atoms with Crippen LogP contribution in [0.2, 0.25) is 0 Å². The lowest BCUT2D eigenvalue weighted by Crippen LogP contribution is -2.47. The summed E-state index contributed by atoms with van der Waals surface area (Å²) in [6.45, 7) is 8.18. The van der Waals surface area contributed by atoms with Gasteiger partial charge in [-0.25, -0.2) is 4.79 Å². The largest absolute Gasteiger partial charge is 0.444 e. The van der Waals surface area contributed by atoms with Gasteiger partial charge in [-0.15, -0.1) is 0 Å². The first-order valence-corrected chi connectivity index (χ1v) is 9.42. The average Bonchev–Trinajstić information content (AvgIpc) is 2.89. The smallest absolute Gasteiger partial charge is 0.410 e. The van der Waals surface area contributed by atoms with Gasteiger partial charge in [0.25, 0.3) is 4.84 Å². The highest BCUT2D eigenvalue weighted by Gasteiger charge is 2.28. The van der Waals surface area contributed by atoms with Crippen LogP contribution < -0.4 is 0 Å². The van der Waals surface area contributed by atoms with Gasteiger partial charge in [0.15, 0.2) is 5.58 Å². The Morgan fingerprint density at radius 3 is 2.62 bits per heavy atom. The van der Waals surface area contributed by atoms with Crippen molar-refractivity contribution in [2.45, 2.75) is 51.9 Å². The molecule has 1 amide bonds. The second-order valence-electron chi connectivity index (χ2n) is 7.85. The Labute approximate surface area is 159 Å². The van der Waals surface area contributed by atoms with Crippen molar-refractivity contribution in [2.24, 2.45) is 0 Å². The zero-order valence-electron chi connectivity index (χ0n) is 15.9. The predicted octanol–water partition coefficient (Wildman–Crippen LogP) is 4.25. The fraction of sp³-hybridized carbons (Fsp3) is 0.579. The van der Waals surface area contributed by atoms with Crippen LogP contribution in [0.25, 0.3) is 11.1 Å². The zero-order chi connectivity index (χ0) is 18.9. The third-order valence-corrected chi connectivity index (χ3v) is 5.01. The Hall–Kier alpha value is -1.86. The highest BCUT2D eigenvalue weighted by Crippen LogP contribution is 2.21. The molecule has 1 fully saturated rings. The number of amides is 1. The molecular weight excluding hydrogens is 350 g/mol. The molecule has 0 radical (unpaired) electrons. The molecule has 1 aliphatic heterocycles. The number of carbonyl (C=O) groups excluding carboxylic acids is 1. The molecule has 6 nitrogen and oxygen atoms in total. The van der Waals surface area contributed by atoms with Gasteiger partial charge >= 0.3 is 6.09 Å². The van der Waals surface area contributed by atoms with E-state index in [2.05, 4.69) is 4.90 Å². The van der Waals surface area contributed by atoms with Crippen LogP contribution in [-0.4, -0.2) is 52.2 Å². The summed E-state index contributed by atoms with van der Waals surface area (Å²) in [7, 11) is 1.83. The van der Waals surface area contributed by atoms with E-state index in [0.717, 1.165) is 37.0 Å². The van der Waals surface area contributed by atoms with Crippen molar-refractivity contribution in [1.82, 2.24) is 14.4 Å². The Bertz CT molecular complexity index is 828. The van der Waals surface area contributed by atoms with E-state index < -0.39 is 5.60 Å². The van der Waals surface area contributed by atoms with Crippen molar-refractivity contribution < 1.29 is 13.9 Å². The molecule has 0 N–H and O–H groups in total. The number of aromatic nitrogens is 1. The summed E-state index contributed by atoms with van der Waals surface area (Å²) in [5.74, 6) is 0. The van der Waals surface area contributed by atoms with Gasteiger partial charge in [0.2, 0.25) is 0 Å². The van der Waals surface area contributed by atoms with Crippen molar-refractivity contribution >= 4 is 29.4 Å². The lowest BCUT2D eigenvalue weighted by molar-refractivity contribution is 0.0138. The number of para-hydroxylation sites is 2. The summed E-state index contributed by atoms with van der Waals surface area (Å²) < 4.78 is 13.2. The minimum Gasteiger partial charge on any atom is -0.444 e. The highest BCUT2D eigenvalue weighted by molar-refractivity contribution is 7.71. The van der Waals surface area contributed by atoms with E-state index in [4.69, 9.17) is 21.4 Å². The van der Waals surface area contributed by atoms with Gasteiger partial charge in [0, 0.05) is 26.2 Å². The van der Waals surface area contributed by atoms with Gasteiger partial charge in [-0.2, -0.15) is 0 Å². The van der Waals surface area contributed by atoms with Crippen molar-refractivity contribution in [3.05, 3.63) is 29.1 Å². The van der Waals surface area contributed by atoms with Crippen molar-refractivity contribution in [2.75, 3.05) is 20.1 Å². The molecule has 2 heterocycles. The van der Waals surface area contributed by atoms with E-state index >= 15 is 0 Å². The summed E-state index contributed by atoms with van der Waals surface area (Å²) in [6, 6.07) is 8.10. The number of benzene rings is 1. The van der Waals surface area contributed by atoms with Gasteiger partial charge < -0.3 is 14.1 Å². The minimum absolute atomic E-state index is 0.204. The number of hydrogen-bond acceptors (Lipinski definition) is 5. The summed E-state index contributed by atoms with van der Waals surface area (Å²) in [5.41, 5.74) is 1.37. The van der Waals surface area contributed by atoms with E-state index in [-0.39, 0.29) is 12.1 Å². The number of fused-ring (bicyclic) bond motifs is 1. The SMILES string of the molecule is CN(C(=O)OC(C)(C)C)C1CCN(Cn2c(=S)oc3ccccc32)CC1. The Kier molecular flexibility index (Phi) is 5.39. The van der Waals surface area contributed by atoms with Crippen molar-refractivity contribution in [3.8, 4) is 0 Å². The van der Waals surface area contributed by atoms with Crippen LogP contribution in [0.15, 0.2) is 28.7 Å². The quantitative estimate of drug-likeness (QED) is 0.749. The molecule has 0 bridgehead atoms. The van der Waals surface area contributed by atoms with Crippen LogP contribution >= 0.6 is 12.2 Å². The molecule has 0 aliphatic carbocycles. The van der Waals surface area contributed by atoms with Crippen LogP contribution in [0.4, 0.5) is 4.79 Å². The molecule has 3 rings (SSSR count). The van der Waals surface area contributed by atoms with Crippen molar-refractivity contribution in [1.29, 1.82) is 0 Å². The molecule has 1 saturated heterocycles. The maximum absolute atomic E-state index is 12.2. The second-order valence-corrected chi connectivity index (χ2v) is 8.19. The van der Waals surface area contributed by atoms with Crippen molar-refractivity contribution in [3.63, 3.8) is 0 Å². The predicted molar refractivity (Wildman–Crippen MR) is 104 cm³/mol. The van der Waals surface area contributed by atoms with E-state index in [1.165, 1.54) is 0 Å².